The monoisotopic (exact) mass is 215 g/mol. The van der Waals surface area contributed by atoms with E-state index in [9.17, 15) is 0 Å². The predicted molar refractivity (Wildman–Crippen MR) is 65.2 cm³/mol. The largest absolute Gasteiger partial charge is 0.385 e. The molecule has 1 atom stereocenters. The van der Waals surface area contributed by atoms with E-state index in [4.69, 9.17) is 5.26 Å². The molecule has 0 spiro atoms. The lowest BCUT2D eigenvalue weighted by Crippen LogP contribution is -2.12. The molecule has 1 aliphatic heterocycles. The Balaban J connectivity index is 1.78. The third-order valence-corrected chi connectivity index (χ3v) is 3.04. The SMILES string of the molecule is N#Cc1cccc(NCCC2CCNC2)c1. The van der Waals surface area contributed by atoms with Gasteiger partial charge in [0.15, 0.2) is 0 Å². The summed E-state index contributed by atoms with van der Waals surface area (Å²) in [5, 5.41) is 15.5. The van der Waals surface area contributed by atoms with E-state index < -0.39 is 0 Å². The number of benzene rings is 1. The Morgan fingerprint density at radius 1 is 1.50 bits per heavy atom. The predicted octanol–water partition coefficient (Wildman–Crippen LogP) is 1.97. The Labute approximate surface area is 96.5 Å². The van der Waals surface area contributed by atoms with Crippen molar-refractivity contribution >= 4 is 5.69 Å². The molecule has 0 radical (unpaired) electrons. The number of nitrogens with zero attached hydrogens (tertiary/aromatic N) is 1. The van der Waals surface area contributed by atoms with Crippen molar-refractivity contribution in [3.8, 4) is 6.07 Å². The van der Waals surface area contributed by atoms with Crippen molar-refractivity contribution < 1.29 is 0 Å². The summed E-state index contributed by atoms with van der Waals surface area (Å²) in [5.41, 5.74) is 1.76. The van der Waals surface area contributed by atoms with Gasteiger partial charge in [0.05, 0.1) is 11.6 Å². The smallest absolute Gasteiger partial charge is 0.0992 e. The first kappa shape index (κ1) is 11.0. The lowest BCUT2D eigenvalue weighted by atomic mass is 10.1. The van der Waals surface area contributed by atoms with E-state index in [0.717, 1.165) is 31.2 Å². The number of nitriles is 1. The molecule has 0 aliphatic carbocycles. The second kappa shape index (κ2) is 5.53. The van der Waals surface area contributed by atoms with Gasteiger partial charge in [-0.25, -0.2) is 0 Å². The average Bonchev–Trinajstić information content (AvgIpc) is 2.82. The maximum Gasteiger partial charge on any atom is 0.0992 e. The molecule has 0 aromatic heterocycles. The van der Waals surface area contributed by atoms with E-state index in [2.05, 4.69) is 16.7 Å². The van der Waals surface area contributed by atoms with Crippen LogP contribution in [-0.2, 0) is 0 Å². The lowest BCUT2D eigenvalue weighted by Gasteiger charge is -2.10. The number of anilines is 1. The van der Waals surface area contributed by atoms with Crippen molar-refractivity contribution in [2.24, 2.45) is 5.92 Å². The van der Waals surface area contributed by atoms with Crippen LogP contribution in [-0.4, -0.2) is 19.6 Å². The Morgan fingerprint density at radius 3 is 3.19 bits per heavy atom. The highest BCUT2D eigenvalue weighted by molar-refractivity contribution is 5.48. The standard InChI is InChI=1S/C13H17N3/c14-9-12-2-1-3-13(8-12)16-7-5-11-4-6-15-10-11/h1-3,8,11,15-16H,4-7,10H2. The van der Waals surface area contributed by atoms with Crippen molar-refractivity contribution in [3.63, 3.8) is 0 Å². The van der Waals surface area contributed by atoms with Crippen LogP contribution >= 0.6 is 0 Å². The molecule has 3 heteroatoms. The van der Waals surface area contributed by atoms with Crippen LogP contribution in [0.1, 0.15) is 18.4 Å². The van der Waals surface area contributed by atoms with E-state index in [1.165, 1.54) is 12.8 Å². The molecule has 2 rings (SSSR count). The van der Waals surface area contributed by atoms with Crippen LogP contribution in [0.5, 0.6) is 0 Å². The molecule has 2 N–H and O–H groups in total. The molecule has 1 unspecified atom stereocenters. The molecule has 0 saturated carbocycles. The topological polar surface area (TPSA) is 47.9 Å². The molecule has 1 aromatic carbocycles. The van der Waals surface area contributed by atoms with Crippen molar-refractivity contribution in [1.29, 1.82) is 5.26 Å². The second-order valence-corrected chi connectivity index (χ2v) is 4.27. The highest BCUT2D eigenvalue weighted by Crippen LogP contribution is 2.14. The third-order valence-electron chi connectivity index (χ3n) is 3.04. The normalized spacial score (nSPS) is 19.3. The molecule has 1 aromatic rings. The lowest BCUT2D eigenvalue weighted by molar-refractivity contribution is 0.549. The van der Waals surface area contributed by atoms with Crippen LogP contribution in [0.3, 0.4) is 0 Å². The molecule has 0 bridgehead atoms. The zero-order chi connectivity index (χ0) is 11.2. The summed E-state index contributed by atoms with van der Waals surface area (Å²) in [4.78, 5) is 0. The summed E-state index contributed by atoms with van der Waals surface area (Å²) in [5.74, 6) is 0.812. The summed E-state index contributed by atoms with van der Waals surface area (Å²) in [7, 11) is 0. The van der Waals surface area contributed by atoms with E-state index in [1.54, 1.807) is 0 Å². The molecule has 3 nitrogen and oxygen atoms in total. The zero-order valence-electron chi connectivity index (χ0n) is 9.37. The zero-order valence-corrected chi connectivity index (χ0v) is 9.37. The number of hydrogen-bond acceptors (Lipinski definition) is 3. The van der Waals surface area contributed by atoms with Crippen LogP contribution in [0.25, 0.3) is 0 Å². The first-order chi connectivity index (χ1) is 7.88. The van der Waals surface area contributed by atoms with E-state index in [0.29, 0.717) is 5.56 Å². The van der Waals surface area contributed by atoms with Gasteiger partial charge >= 0.3 is 0 Å². The molecular weight excluding hydrogens is 198 g/mol. The molecule has 84 valence electrons. The first-order valence-corrected chi connectivity index (χ1v) is 5.83. The van der Waals surface area contributed by atoms with Gasteiger partial charge in [-0.05, 0) is 50.0 Å². The molecule has 1 saturated heterocycles. The Kier molecular flexibility index (Phi) is 3.79. The fourth-order valence-corrected chi connectivity index (χ4v) is 2.08. The number of hydrogen-bond donors (Lipinski definition) is 2. The Bertz CT molecular complexity index is 375. The minimum atomic E-state index is 0.715. The van der Waals surface area contributed by atoms with Gasteiger partial charge in [0.2, 0.25) is 0 Å². The molecule has 16 heavy (non-hydrogen) atoms. The Hall–Kier alpha value is -1.53. The summed E-state index contributed by atoms with van der Waals surface area (Å²) in [6.07, 6.45) is 2.49. The molecule has 0 amide bonds. The molecule has 1 heterocycles. The molecule has 1 aliphatic rings. The van der Waals surface area contributed by atoms with Gasteiger partial charge in [0.25, 0.3) is 0 Å². The van der Waals surface area contributed by atoms with Crippen molar-refractivity contribution in [2.45, 2.75) is 12.8 Å². The maximum atomic E-state index is 8.77. The van der Waals surface area contributed by atoms with Crippen molar-refractivity contribution in [1.82, 2.24) is 5.32 Å². The van der Waals surface area contributed by atoms with E-state index in [-0.39, 0.29) is 0 Å². The average molecular weight is 215 g/mol. The highest BCUT2D eigenvalue weighted by Gasteiger charge is 2.13. The van der Waals surface area contributed by atoms with Gasteiger partial charge in [-0.1, -0.05) is 6.07 Å². The van der Waals surface area contributed by atoms with Gasteiger partial charge in [-0.15, -0.1) is 0 Å². The van der Waals surface area contributed by atoms with E-state index >= 15 is 0 Å². The molecule has 1 fully saturated rings. The van der Waals surface area contributed by atoms with Gasteiger partial charge in [-0.2, -0.15) is 5.26 Å². The van der Waals surface area contributed by atoms with Crippen LogP contribution < -0.4 is 10.6 Å². The van der Waals surface area contributed by atoms with Gasteiger partial charge in [0, 0.05) is 12.2 Å². The maximum absolute atomic E-state index is 8.77. The minimum Gasteiger partial charge on any atom is -0.385 e. The van der Waals surface area contributed by atoms with Crippen molar-refractivity contribution in [3.05, 3.63) is 29.8 Å². The Morgan fingerprint density at radius 2 is 2.44 bits per heavy atom. The summed E-state index contributed by atoms with van der Waals surface area (Å²) in [6, 6.07) is 9.79. The van der Waals surface area contributed by atoms with Crippen LogP contribution in [0.2, 0.25) is 0 Å². The summed E-state index contributed by atoms with van der Waals surface area (Å²) >= 11 is 0. The fraction of sp³-hybridized carbons (Fsp3) is 0.462. The fourth-order valence-electron chi connectivity index (χ4n) is 2.08. The number of nitrogens with one attached hydrogen (secondary N) is 2. The third kappa shape index (κ3) is 2.98. The van der Waals surface area contributed by atoms with Crippen LogP contribution in [0.15, 0.2) is 24.3 Å². The highest BCUT2D eigenvalue weighted by atomic mass is 14.9. The quantitative estimate of drug-likeness (QED) is 0.807. The van der Waals surface area contributed by atoms with Gasteiger partial charge < -0.3 is 10.6 Å². The minimum absolute atomic E-state index is 0.715. The van der Waals surface area contributed by atoms with E-state index in [1.807, 2.05) is 24.3 Å². The molecular formula is C13H17N3. The van der Waals surface area contributed by atoms with Crippen LogP contribution in [0.4, 0.5) is 5.69 Å². The van der Waals surface area contributed by atoms with Crippen LogP contribution in [0, 0.1) is 17.2 Å². The van der Waals surface area contributed by atoms with Crippen molar-refractivity contribution in [2.75, 3.05) is 25.0 Å². The second-order valence-electron chi connectivity index (χ2n) is 4.27. The van der Waals surface area contributed by atoms with Gasteiger partial charge in [-0.3, -0.25) is 0 Å². The van der Waals surface area contributed by atoms with Gasteiger partial charge in [0.1, 0.15) is 0 Å². The number of rotatable bonds is 4. The summed E-state index contributed by atoms with van der Waals surface area (Å²) < 4.78 is 0. The first-order valence-electron chi connectivity index (χ1n) is 5.83. The summed E-state index contributed by atoms with van der Waals surface area (Å²) in [6.45, 7) is 3.30.